The summed E-state index contributed by atoms with van der Waals surface area (Å²) in [6.45, 7) is 3.83. The average Bonchev–Trinajstić information content (AvgIpc) is 2.53. The Bertz CT molecular complexity index is 513. The minimum absolute atomic E-state index is 0.343. The molecule has 0 aromatic rings. The molecule has 0 aromatic heterocycles. The molecule has 0 rings (SSSR count). The van der Waals surface area contributed by atoms with Gasteiger partial charge in [0.25, 0.3) is 0 Å². The molecule has 0 aliphatic heterocycles. The number of carboxylic acid groups (broad SMARTS) is 2. The van der Waals surface area contributed by atoms with Gasteiger partial charge in [-0.2, -0.15) is 0 Å². The van der Waals surface area contributed by atoms with Crippen LogP contribution in [0.15, 0.2) is 24.3 Å². The predicted molar refractivity (Wildman–Crippen MR) is 81.3 cm³/mol. The van der Waals surface area contributed by atoms with E-state index in [1.165, 1.54) is 0 Å². The molecule has 4 N–H and O–H groups in total. The lowest BCUT2D eigenvalue weighted by Gasteiger charge is -2.28. The number of esters is 2. The summed E-state index contributed by atoms with van der Waals surface area (Å²) in [5.74, 6) is -4.67. The van der Waals surface area contributed by atoms with Crippen LogP contribution in [-0.4, -0.2) is 70.7 Å². The number of hydrogen-bond donors (Lipinski definition) is 4. The highest BCUT2D eigenvalue weighted by Gasteiger charge is 2.33. The van der Waals surface area contributed by atoms with Crippen molar-refractivity contribution in [3.8, 4) is 0 Å². The van der Waals surface area contributed by atoms with E-state index in [0.717, 1.165) is 0 Å². The van der Waals surface area contributed by atoms with E-state index in [2.05, 4.69) is 13.2 Å². The number of hydrogen-bond acceptors (Lipinski definition) is 8. The van der Waals surface area contributed by atoms with Gasteiger partial charge < -0.3 is 29.9 Å². The number of carbonyl (C=O) groups is 4. The third-order valence-corrected chi connectivity index (χ3v) is 3.00. The second-order valence-electron chi connectivity index (χ2n) is 5.32. The number of aliphatic hydroxyl groups is 2. The maximum atomic E-state index is 11.6. The Hall–Kier alpha value is -2.72. The van der Waals surface area contributed by atoms with Crippen LogP contribution in [0.2, 0.25) is 0 Å². The molecule has 0 bridgehead atoms. The van der Waals surface area contributed by atoms with Crippen LogP contribution in [0.4, 0.5) is 0 Å². The van der Waals surface area contributed by atoms with E-state index in [-0.39, 0.29) is 11.1 Å². The number of carbonyl (C=O) groups excluding carboxylic acids is 2. The van der Waals surface area contributed by atoms with Crippen molar-refractivity contribution in [2.45, 2.75) is 12.8 Å². The number of aliphatic carboxylic acids is 2. The highest BCUT2D eigenvalue weighted by atomic mass is 16.6. The van der Waals surface area contributed by atoms with E-state index in [0.29, 0.717) is 0 Å². The van der Waals surface area contributed by atoms with Crippen molar-refractivity contribution < 1.29 is 49.1 Å². The van der Waals surface area contributed by atoms with E-state index in [4.69, 9.17) is 19.7 Å². The highest BCUT2D eigenvalue weighted by Crippen LogP contribution is 2.19. The molecule has 10 nitrogen and oxygen atoms in total. The van der Waals surface area contributed by atoms with Crippen LogP contribution >= 0.6 is 0 Å². The number of aliphatic hydroxyl groups excluding tert-OH is 2. The van der Waals surface area contributed by atoms with Crippen LogP contribution < -0.4 is 0 Å². The molecule has 0 unspecified atom stereocenters. The molecule has 0 fully saturated rings. The fraction of sp³-hybridized carbons (Fsp3) is 0.467. The summed E-state index contributed by atoms with van der Waals surface area (Å²) in [6, 6.07) is 0. The van der Waals surface area contributed by atoms with E-state index < -0.39 is 68.6 Å². The minimum Gasteiger partial charge on any atom is -0.481 e. The molecule has 25 heavy (non-hydrogen) atoms. The molecule has 140 valence electrons. The van der Waals surface area contributed by atoms with Crippen molar-refractivity contribution in [1.82, 2.24) is 0 Å². The van der Waals surface area contributed by atoms with Crippen LogP contribution in [0.5, 0.6) is 0 Å². The van der Waals surface area contributed by atoms with E-state index in [1.54, 1.807) is 0 Å². The molecule has 0 heterocycles. The van der Waals surface area contributed by atoms with Gasteiger partial charge >= 0.3 is 23.9 Å². The van der Waals surface area contributed by atoms with Gasteiger partial charge in [-0.25, -0.2) is 9.59 Å². The van der Waals surface area contributed by atoms with E-state index in [9.17, 15) is 29.4 Å². The Kier molecular flexibility index (Phi) is 9.10. The Labute approximate surface area is 143 Å². The van der Waals surface area contributed by atoms with Gasteiger partial charge in [-0.3, -0.25) is 9.59 Å². The zero-order chi connectivity index (χ0) is 19.6. The molecule has 0 aliphatic carbocycles. The first-order valence-electron chi connectivity index (χ1n) is 6.92. The highest BCUT2D eigenvalue weighted by molar-refractivity contribution is 5.93. The van der Waals surface area contributed by atoms with Gasteiger partial charge in [0.05, 0.1) is 31.5 Å². The lowest BCUT2D eigenvalue weighted by Crippen LogP contribution is -2.41. The van der Waals surface area contributed by atoms with Gasteiger partial charge in [0.2, 0.25) is 0 Å². The molecule has 0 saturated carbocycles. The SMILES string of the molecule is C=C(CC(=O)O)C(=O)OCC(CO)(CO)COC(=O)C(=C)CC(=O)O. The maximum absolute atomic E-state index is 11.6. The van der Waals surface area contributed by atoms with Gasteiger partial charge in [-0.1, -0.05) is 13.2 Å². The molecule has 0 aliphatic rings. The van der Waals surface area contributed by atoms with Crippen molar-refractivity contribution in [2.24, 2.45) is 5.41 Å². The summed E-state index contributed by atoms with van der Waals surface area (Å²) in [5, 5.41) is 35.9. The summed E-state index contributed by atoms with van der Waals surface area (Å²) in [5.41, 5.74) is -2.24. The Morgan fingerprint density at radius 3 is 1.32 bits per heavy atom. The van der Waals surface area contributed by atoms with Gasteiger partial charge in [0, 0.05) is 11.1 Å². The minimum atomic E-state index is -1.56. The average molecular weight is 360 g/mol. The summed E-state index contributed by atoms with van der Waals surface area (Å²) in [7, 11) is 0. The maximum Gasteiger partial charge on any atom is 0.334 e. The Morgan fingerprint density at radius 1 is 0.760 bits per heavy atom. The van der Waals surface area contributed by atoms with Crippen LogP contribution in [0.1, 0.15) is 12.8 Å². The third kappa shape index (κ3) is 8.08. The monoisotopic (exact) mass is 360 g/mol. The summed E-state index contributed by atoms with van der Waals surface area (Å²) < 4.78 is 9.56. The molecule has 0 atom stereocenters. The van der Waals surface area contributed by atoms with Crippen molar-refractivity contribution in [2.75, 3.05) is 26.4 Å². The van der Waals surface area contributed by atoms with E-state index in [1.807, 2.05) is 0 Å². The molecular formula is C15H20O10. The van der Waals surface area contributed by atoms with Crippen molar-refractivity contribution >= 4 is 23.9 Å². The van der Waals surface area contributed by atoms with Crippen molar-refractivity contribution in [3.05, 3.63) is 24.3 Å². The zero-order valence-electron chi connectivity index (χ0n) is 13.4. The van der Waals surface area contributed by atoms with Crippen LogP contribution in [-0.2, 0) is 28.7 Å². The van der Waals surface area contributed by atoms with Gasteiger partial charge in [0.15, 0.2) is 0 Å². The molecule has 0 aromatic carbocycles. The molecular weight excluding hydrogens is 340 g/mol. The quantitative estimate of drug-likeness (QED) is 0.253. The van der Waals surface area contributed by atoms with E-state index >= 15 is 0 Å². The standard InChI is InChI=1S/C15H20O10/c1-9(3-11(18)19)13(22)24-7-15(5-16,6-17)8-25-14(23)10(2)4-12(20)21/h16-17H,1-8H2,(H,18,19)(H,20,21). The molecule has 0 amide bonds. The van der Waals surface area contributed by atoms with Gasteiger partial charge in [-0.15, -0.1) is 0 Å². The Morgan fingerprint density at radius 2 is 1.08 bits per heavy atom. The molecule has 0 radical (unpaired) electrons. The largest absolute Gasteiger partial charge is 0.481 e. The number of ether oxygens (including phenoxy) is 2. The van der Waals surface area contributed by atoms with Crippen LogP contribution in [0.25, 0.3) is 0 Å². The molecule has 0 saturated heterocycles. The first-order chi connectivity index (χ1) is 11.6. The molecule has 10 heteroatoms. The predicted octanol–water partition coefficient (Wildman–Crippen LogP) is -0.894. The normalized spacial score (nSPS) is 10.6. The molecule has 0 spiro atoms. The zero-order valence-corrected chi connectivity index (χ0v) is 13.4. The van der Waals surface area contributed by atoms with Crippen LogP contribution in [0, 0.1) is 5.41 Å². The fourth-order valence-corrected chi connectivity index (χ4v) is 1.43. The first-order valence-corrected chi connectivity index (χ1v) is 6.92. The third-order valence-electron chi connectivity index (χ3n) is 3.00. The second-order valence-corrected chi connectivity index (χ2v) is 5.32. The van der Waals surface area contributed by atoms with Gasteiger partial charge in [-0.05, 0) is 0 Å². The Balaban J connectivity index is 4.73. The topological polar surface area (TPSA) is 168 Å². The van der Waals surface area contributed by atoms with Crippen LogP contribution in [0.3, 0.4) is 0 Å². The first kappa shape index (κ1) is 22.3. The van der Waals surface area contributed by atoms with Crippen molar-refractivity contribution in [1.29, 1.82) is 0 Å². The smallest absolute Gasteiger partial charge is 0.334 e. The lowest BCUT2D eigenvalue weighted by atomic mass is 9.92. The van der Waals surface area contributed by atoms with Crippen molar-refractivity contribution in [3.63, 3.8) is 0 Å². The van der Waals surface area contributed by atoms with Gasteiger partial charge in [0.1, 0.15) is 13.2 Å². The number of carboxylic acids is 2. The summed E-state index contributed by atoms with van der Waals surface area (Å²) in [6.07, 6.45) is -1.29. The summed E-state index contributed by atoms with van der Waals surface area (Å²) in [4.78, 5) is 44.2. The second kappa shape index (κ2) is 10.2. The lowest BCUT2D eigenvalue weighted by molar-refractivity contribution is -0.156. The fourth-order valence-electron chi connectivity index (χ4n) is 1.43. The number of rotatable bonds is 12. The summed E-state index contributed by atoms with van der Waals surface area (Å²) >= 11 is 0.